The first-order valence-electron chi connectivity index (χ1n) is 6.92. The van der Waals surface area contributed by atoms with Crippen molar-refractivity contribution in [3.05, 3.63) is 30.5 Å². The zero-order chi connectivity index (χ0) is 13.8. The molecule has 1 aromatic carbocycles. The highest BCUT2D eigenvalue weighted by atomic mass is 16.5. The maximum absolute atomic E-state index is 5.51. The summed E-state index contributed by atoms with van der Waals surface area (Å²) in [6.45, 7) is 2.09. The Balaban J connectivity index is 1.72. The molecular weight excluding hydrogens is 254 g/mol. The van der Waals surface area contributed by atoms with E-state index in [4.69, 9.17) is 9.15 Å². The van der Waals surface area contributed by atoms with Gasteiger partial charge in [-0.1, -0.05) is 12.1 Å². The molecule has 1 aromatic heterocycles. The van der Waals surface area contributed by atoms with E-state index in [2.05, 4.69) is 15.6 Å². The summed E-state index contributed by atoms with van der Waals surface area (Å²) in [6, 6.07) is 8.84. The normalized spacial score (nSPS) is 16.1. The Labute approximate surface area is 118 Å². The monoisotopic (exact) mass is 273 g/mol. The smallest absolute Gasteiger partial charge is 0.295 e. The molecule has 106 valence electrons. The van der Waals surface area contributed by atoms with E-state index < -0.39 is 0 Å². The van der Waals surface area contributed by atoms with E-state index in [-0.39, 0.29) is 0 Å². The van der Waals surface area contributed by atoms with Crippen molar-refractivity contribution in [2.75, 3.05) is 25.5 Å². The molecule has 0 saturated carbocycles. The van der Waals surface area contributed by atoms with Crippen molar-refractivity contribution >= 4 is 6.01 Å². The first-order valence-corrected chi connectivity index (χ1v) is 6.92. The Hall–Kier alpha value is -2.01. The van der Waals surface area contributed by atoms with E-state index in [1.165, 1.54) is 0 Å². The van der Waals surface area contributed by atoms with E-state index in [0.717, 1.165) is 42.9 Å². The van der Waals surface area contributed by atoms with Crippen LogP contribution in [0.4, 0.5) is 6.01 Å². The molecule has 0 atom stereocenters. The van der Waals surface area contributed by atoms with Crippen LogP contribution in [0.1, 0.15) is 12.8 Å². The largest absolute Gasteiger partial charge is 0.497 e. The van der Waals surface area contributed by atoms with Gasteiger partial charge in [0.25, 0.3) is 6.01 Å². The van der Waals surface area contributed by atoms with Gasteiger partial charge in [0.05, 0.1) is 7.11 Å². The molecule has 1 aliphatic heterocycles. The molecule has 1 aliphatic rings. The Morgan fingerprint density at radius 2 is 2.20 bits per heavy atom. The van der Waals surface area contributed by atoms with Crippen LogP contribution in [0.3, 0.4) is 0 Å². The molecule has 1 fully saturated rings. The lowest BCUT2D eigenvalue weighted by Gasteiger charge is -2.22. The molecule has 0 aliphatic carbocycles. The van der Waals surface area contributed by atoms with E-state index in [1.54, 1.807) is 13.4 Å². The lowest BCUT2D eigenvalue weighted by Crippen LogP contribution is -2.35. The molecule has 0 bridgehead atoms. The van der Waals surface area contributed by atoms with Crippen LogP contribution >= 0.6 is 0 Å². The highest BCUT2D eigenvalue weighted by Gasteiger charge is 2.15. The predicted octanol–water partition coefficient (Wildman–Crippen LogP) is 2.51. The van der Waals surface area contributed by atoms with Gasteiger partial charge in [0.1, 0.15) is 17.7 Å². The fraction of sp³-hybridized carbons (Fsp3) is 0.400. The number of rotatable bonds is 4. The number of methoxy groups -OCH3 is 1. The molecular formula is C15H19N3O2. The topological polar surface area (TPSA) is 59.3 Å². The van der Waals surface area contributed by atoms with Gasteiger partial charge in [0.2, 0.25) is 0 Å². The van der Waals surface area contributed by atoms with Gasteiger partial charge in [0, 0.05) is 11.6 Å². The average molecular weight is 273 g/mol. The standard InChI is InChI=1S/C15H19N3O2/c1-19-13-4-2-3-11(9-13)14-10-20-15(18-14)17-12-5-7-16-8-6-12/h2-4,9-10,12,16H,5-8H2,1H3,(H,17,18). The molecule has 5 nitrogen and oxygen atoms in total. The molecule has 2 aromatic rings. The number of piperidine rings is 1. The van der Waals surface area contributed by atoms with Crippen molar-refractivity contribution in [1.82, 2.24) is 10.3 Å². The number of ether oxygens (including phenoxy) is 1. The van der Waals surface area contributed by atoms with Gasteiger partial charge in [-0.2, -0.15) is 4.98 Å². The second-order valence-electron chi connectivity index (χ2n) is 4.94. The van der Waals surface area contributed by atoms with Crippen LogP contribution in [0, 0.1) is 0 Å². The molecule has 5 heteroatoms. The van der Waals surface area contributed by atoms with Crippen LogP contribution in [0.2, 0.25) is 0 Å². The lowest BCUT2D eigenvalue weighted by molar-refractivity contribution is 0.415. The van der Waals surface area contributed by atoms with Crippen LogP contribution in [0.25, 0.3) is 11.3 Å². The van der Waals surface area contributed by atoms with Crippen molar-refractivity contribution in [2.45, 2.75) is 18.9 Å². The maximum atomic E-state index is 5.51. The highest BCUT2D eigenvalue weighted by molar-refractivity contribution is 5.61. The summed E-state index contributed by atoms with van der Waals surface area (Å²) in [5.74, 6) is 0.818. The third-order valence-electron chi connectivity index (χ3n) is 3.54. The van der Waals surface area contributed by atoms with Crippen LogP contribution in [-0.2, 0) is 0 Å². The second-order valence-corrected chi connectivity index (χ2v) is 4.94. The summed E-state index contributed by atoms with van der Waals surface area (Å²) in [6.07, 6.45) is 3.87. The fourth-order valence-electron chi connectivity index (χ4n) is 2.40. The zero-order valence-corrected chi connectivity index (χ0v) is 11.6. The first kappa shape index (κ1) is 13.0. The van der Waals surface area contributed by atoms with Gasteiger partial charge in [-0.3, -0.25) is 0 Å². The van der Waals surface area contributed by atoms with Crippen molar-refractivity contribution in [2.24, 2.45) is 0 Å². The van der Waals surface area contributed by atoms with E-state index in [0.29, 0.717) is 12.1 Å². The van der Waals surface area contributed by atoms with Crippen LogP contribution in [0.5, 0.6) is 5.75 Å². The Kier molecular flexibility index (Phi) is 3.87. The van der Waals surface area contributed by atoms with Gasteiger partial charge in [-0.25, -0.2) is 0 Å². The lowest BCUT2D eigenvalue weighted by atomic mass is 10.1. The predicted molar refractivity (Wildman–Crippen MR) is 78.0 cm³/mol. The minimum absolute atomic E-state index is 0.438. The molecule has 0 unspecified atom stereocenters. The third kappa shape index (κ3) is 2.93. The summed E-state index contributed by atoms with van der Waals surface area (Å²) in [5, 5.41) is 6.69. The summed E-state index contributed by atoms with van der Waals surface area (Å²) in [4.78, 5) is 4.50. The molecule has 0 amide bonds. The number of nitrogens with one attached hydrogen (secondary N) is 2. The molecule has 2 heterocycles. The van der Waals surface area contributed by atoms with Gasteiger partial charge < -0.3 is 19.8 Å². The molecule has 3 rings (SSSR count). The van der Waals surface area contributed by atoms with Crippen molar-refractivity contribution in [1.29, 1.82) is 0 Å². The highest BCUT2D eigenvalue weighted by Crippen LogP contribution is 2.25. The second kappa shape index (κ2) is 5.96. The van der Waals surface area contributed by atoms with Gasteiger partial charge in [-0.15, -0.1) is 0 Å². The van der Waals surface area contributed by atoms with Crippen LogP contribution in [0.15, 0.2) is 34.9 Å². The number of hydrogen-bond acceptors (Lipinski definition) is 5. The summed E-state index contributed by atoms with van der Waals surface area (Å²) in [7, 11) is 1.66. The van der Waals surface area contributed by atoms with Crippen LogP contribution < -0.4 is 15.4 Å². The summed E-state index contributed by atoms with van der Waals surface area (Å²) in [5.41, 5.74) is 1.81. The quantitative estimate of drug-likeness (QED) is 0.896. The van der Waals surface area contributed by atoms with E-state index >= 15 is 0 Å². The summed E-state index contributed by atoms with van der Waals surface area (Å²) >= 11 is 0. The van der Waals surface area contributed by atoms with Crippen molar-refractivity contribution < 1.29 is 9.15 Å². The summed E-state index contributed by atoms with van der Waals surface area (Å²) < 4.78 is 10.7. The van der Waals surface area contributed by atoms with Crippen molar-refractivity contribution in [3.63, 3.8) is 0 Å². The number of aromatic nitrogens is 1. The number of oxazole rings is 1. The van der Waals surface area contributed by atoms with Crippen LogP contribution in [-0.4, -0.2) is 31.2 Å². The Bertz CT molecular complexity index is 562. The molecule has 0 radical (unpaired) electrons. The van der Waals surface area contributed by atoms with Gasteiger partial charge in [-0.05, 0) is 38.1 Å². The molecule has 1 saturated heterocycles. The zero-order valence-electron chi connectivity index (χ0n) is 11.6. The molecule has 0 spiro atoms. The molecule has 2 N–H and O–H groups in total. The van der Waals surface area contributed by atoms with Gasteiger partial charge in [0.15, 0.2) is 0 Å². The average Bonchev–Trinajstić information content (AvgIpc) is 2.97. The SMILES string of the molecule is COc1cccc(-c2coc(NC3CCNCC3)n2)c1. The minimum atomic E-state index is 0.438. The van der Waals surface area contributed by atoms with Gasteiger partial charge >= 0.3 is 0 Å². The van der Waals surface area contributed by atoms with E-state index in [9.17, 15) is 0 Å². The fourth-order valence-corrected chi connectivity index (χ4v) is 2.40. The van der Waals surface area contributed by atoms with Crippen molar-refractivity contribution in [3.8, 4) is 17.0 Å². The number of hydrogen-bond donors (Lipinski definition) is 2. The molecule has 20 heavy (non-hydrogen) atoms. The number of nitrogens with zero attached hydrogens (tertiary/aromatic N) is 1. The Morgan fingerprint density at radius 3 is 3.00 bits per heavy atom. The third-order valence-corrected chi connectivity index (χ3v) is 3.54. The Morgan fingerprint density at radius 1 is 1.35 bits per heavy atom. The van der Waals surface area contributed by atoms with E-state index in [1.807, 2.05) is 24.3 Å². The minimum Gasteiger partial charge on any atom is -0.497 e. The first-order chi connectivity index (χ1) is 9.85. The number of anilines is 1. The number of benzene rings is 1. The maximum Gasteiger partial charge on any atom is 0.295 e.